The Morgan fingerprint density at radius 1 is 1.29 bits per heavy atom. The van der Waals surface area contributed by atoms with Crippen molar-refractivity contribution >= 4 is 0 Å². The van der Waals surface area contributed by atoms with Crippen molar-refractivity contribution in [1.82, 2.24) is 4.90 Å². The predicted molar refractivity (Wildman–Crippen MR) is 64.4 cm³/mol. The summed E-state index contributed by atoms with van der Waals surface area (Å²) in [4.78, 5) is 2.51. The van der Waals surface area contributed by atoms with Crippen LogP contribution in [0, 0.1) is 11.3 Å². The largest absolute Gasteiger partial charge is 0.330 e. The average molecular weight is 200 g/mol. The molecule has 0 saturated carbocycles. The lowest BCUT2D eigenvalue weighted by molar-refractivity contribution is 0.156. The van der Waals surface area contributed by atoms with E-state index < -0.39 is 0 Å². The number of rotatable bonds is 7. The van der Waals surface area contributed by atoms with E-state index in [2.05, 4.69) is 39.5 Å². The lowest BCUT2D eigenvalue weighted by Crippen LogP contribution is -2.41. The van der Waals surface area contributed by atoms with Crippen LogP contribution >= 0.6 is 0 Å². The van der Waals surface area contributed by atoms with Gasteiger partial charge in [0.2, 0.25) is 0 Å². The highest BCUT2D eigenvalue weighted by Gasteiger charge is 2.23. The minimum atomic E-state index is 0.297. The first-order chi connectivity index (χ1) is 6.47. The highest BCUT2D eigenvalue weighted by molar-refractivity contribution is 4.78. The SMILES string of the molecule is CCN(CC(C)C)CC(C)(CC)CN. The fraction of sp³-hybridized carbons (Fsp3) is 1.00. The lowest BCUT2D eigenvalue weighted by atomic mass is 9.87. The van der Waals surface area contributed by atoms with Crippen LogP contribution in [0.15, 0.2) is 0 Å². The molecule has 0 bridgehead atoms. The van der Waals surface area contributed by atoms with Crippen LogP contribution in [0.5, 0.6) is 0 Å². The van der Waals surface area contributed by atoms with Gasteiger partial charge in [0.15, 0.2) is 0 Å². The molecule has 0 rings (SSSR count). The Labute approximate surface area is 89.9 Å². The molecule has 0 spiro atoms. The summed E-state index contributed by atoms with van der Waals surface area (Å²) in [5.41, 5.74) is 6.12. The molecule has 2 nitrogen and oxygen atoms in total. The molecule has 0 radical (unpaired) electrons. The summed E-state index contributed by atoms with van der Waals surface area (Å²) < 4.78 is 0. The summed E-state index contributed by atoms with van der Waals surface area (Å²) in [6.07, 6.45) is 1.16. The third kappa shape index (κ3) is 4.97. The van der Waals surface area contributed by atoms with Gasteiger partial charge in [-0.2, -0.15) is 0 Å². The van der Waals surface area contributed by atoms with E-state index in [1.165, 1.54) is 6.54 Å². The molecule has 2 heteroatoms. The van der Waals surface area contributed by atoms with E-state index >= 15 is 0 Å². The van der Waals surface area contributed by atoms with Gasteiger partial charge in [-0.25, -0.2) is 0 Å². The van der Waals surface area contributed by atoms with Crippen molar-refractivity contribution in [2.45, 2.75) is 41.0 Å². The Morgan fingerprint density at radius 3 is 2.14 bits per heavy atom. The minimum Gasteiger partial charge on any atom is -0.330 e. The molecule has 0 fully saturated rings. The zero-order valence-electron chi connectivity index (χ0n) is 10.6. The number of hydrogen-bond acceptors (Lipinski definition) is 2. The molecule has 0 aromatic carbocycles. The molecule has 0 aromatic rings. The van der Waals surface area contributed by atoms with Crippen LogP contribution < -0.4 is 5.73 Å². The van der Waals surface area contributed by atoms with Crippen LogP contribution in [0.4, 0.5) is 0 Å². The highest BCUT2D eigenvalue weighted by Crippen LogP contribution is 2.21. The van der Waals surface area contributed by atoms with Gasteiger partial charge in [0.25, 0.3) is 0 Å². The van der Waals surface area contributed by atoms with Gasteiger partial charge < -0.3 is 10.6 Å². The Balaban J connectivity index is 4.14. The van der Waals surface area contributed by atoms with Crippen LogP contribution in [-0.2, 0) is 0 Å². The smallest absolute Gasteiger partial charge is 0.00473 e. The predicted octanol–water partition coefficient (Wildman–Crippen LogP) is 2.34. The van der Waals surface area contributed by atoms with Crippen molar-refractivity contribution in [1.29, 1.82) is 0 Å². The van der Waals surface area contributed by atoms with Crippen molar-refractivity contribution < 1.29 is 0 Å². The Hall–Kier alpha value is -0.0800. The minimum absolute atomic E-state index is 0.297. The molecule has 0 amide bonds. The first kappa shape index (κ1) is 13.9. The van der Waals surface area contributed by atoms with E-state index in [0.29, 0.717) is 5.41 Å². The second-order valence-corrected chi connectivity index (χ2v) is 5.09. The first-order valence-corrected chi connectivity index (χ1v) is 5.89. The summed E-state index contributed by atoms with van der Waals surface area (Å²) in [5.74, 6) is 0.744. The van der Waals surface area contributed by atoms with Gasteiger partial charge in [-0.3, -0.25) is 0 Å². The van der Waals surface area contributed by atoms with Crippen LogP contribution in [0.2, 0.25) is 0 Å². The maximum absolute atomic E-state index is 5.82. The molecule has 2 N–H and O–H groups in total. The molecule has 1 unspecified atom stereocenters. The van der Waals surface area contributed by atoms with Crippen LogP contribution in [0.1, 0.15) is 41.0 Å². The molecular weight excluding hydrogens is 172 g/mol. The van der Waals surface area contributed by atoms with Gasteiger partial charge in [-0.05, 0) is 30.8 Å². The third-order valence-corrected chi connectivity index (χ3v) is 3.02. The standard InChI is InChI=1S/C12H28N2/c1-6-12(5,9-13)10-14(7-2)8-11(3)4/h11H,6-10,13H2,1-5H3. The van der Waals surface area contributed by atoms with E-state index in [0.717, 1.165) is 32.0 Å². The second-order valence-electron chi connectivity index (χ2n) is 5.09. The fourth-order valence-corrected chi connectivity index (χ4v) is 1.68. The molecule has 1 atom stereocenters. The van der Waals surface area contributed by atoms with Crippen molar-refractivity contribution in [3.63, 3.8) is 0 Å². The maximum Gasteiger partial charge on any atom is 0.00473 e. The van der Waals surface area contributed by atoms with Crippen molar-refractivity contribution in [2.75, 3.05) is 26.2 Å². The van der Waals surface area contributed by atoms with Gasteiger partial charge in [0.1, 0.15) is 0 Å². The lowest BCUT2D eigenvalue weighted by Gasteiger charge is -2.34. The Kier molecular flexibility index (Phi) is 6.38. The molecule has 86 valence electrons. The second kappa shape index (κ2) is 6.41. The molecular formula is C12H28N2. The Morgan fingerprint density at radius 2 is 1.86 bits per heavy atom. The topological polar surface area (TPSA) is 29.3 Å². The van der Waals surface area contributed by atoms with E-state index in [9.17, 15) is 0 Å². The third-order valence-electron chi connectivity index (χ3n) is 3.02. The molecule has 0 aromatic heterocycles. The van der Waals surface area contributed by atoms with Crippen LogP contribution in [0.3, 0.4) is 0 Å². The van der Waals surface area contributed by atoms with E-state index in [4.69, 9.17) is 5.73 Å². The maximum atomic E-state index is 5.82. The average Bonchev–Trinajstić information content (AvgIpc) is 2.16. The number of nitrogens with zero attached hydrogens (tertiary/aromatic N) is 1. The van der Waals surface area contributed by atoms with Crippen molar-refractivity contribution in [3.8, 4) is 0 Å². The summed E-state index contributed by atoms with van der Waals surface area (Å²) in [6, 6.07) is 0. The molecule has 0 aliphatic carbocycles. The van der Waals surface area contributed by atoms with Gasteiger partial charge in [0, 0.05) is 13.1 Å². The molecule has 0 saturated heterocycles. The van der Waals surface area contributed by atoms with E-state index in [1.807, 2.05) is 0 Å². The number of nitrogens with two attached hydrogens (primary N) is 1. The molecule has 0 aliphatic heterocycles. The van der Waals surface area contributed by atoms with Gasteiger partial charge in [0.05, 0.1) is 0 Å². The van der Waals surface area contributed by atoms with E-state index in [1.54, 1.807) is 0 Å². The summed E-state index contributed by atoms with van der Waals surface area (Å²) in [6.45, 7) is 15.5. The van der Waals surface area contributed by atoms with Gasteiger partial charge in [-0.1, -0.05) is 34.6 Å². The Bertz CT molecular complexity index is 139. The monoisotopic (exact) mass is 200 g/mol. The molecule has 0 aliphatic rings. The highest BCUT2D eigenvalue weighted by atomic mass is 15.1. The van der Waals surface area contributed by atoms with Crippen molar-refractivity contribution in [3.05, 3.63) is 0 Å². The zero-order valence-corrected chi connectivity index (χ0v) is 10.6. The van der Waals surface area contributed by atoms with Gasteiger partial charge >= 0.3 is 0 Å². The van der Waals surface area contributed by atoms with Crippen LogP contribution in [-0.4, -0.2) is 31.1 Å². The summed E-state index contributed by atoms with van der Waals surface area (Å²) >= 11 is 0. The summed E-state index contributed by atoms with van der Waals surface area (Å²) in [7, 11) is 0. The fourth-order valence-electron chi connectivity index (χ4n) is 1.68. The van der Waals surface area contributed by atoms with E-state index in [-0.39, 0.29) is 0 Å². The summed E-state index contributed by atoms with van der Waals surface area (Å²) in [5, 5.41) is 0. The molecule has 14 heavy (non-hydrogen) atoms. The van der Waals surface area contributed by atoms with Crippen molar-refractivity contribution in [2.24, 2.45) is 17.1 Å². The quantitative estimate of drug-likeness (QED) is 0.683. The number of hydrogen-bond donors (Lipinski definition) is 1. The zero-order chi connectivity index (χ0) is 11.2. The van der Waals surface area contributed by atoms with Gasteiger partial charge in [-0.15, -0.1) is 0 Å². The first-order valence-electron chi connectivity index (χ1n) is 5.89. The molecule has 0 heterocycles. The van der Waals surface area contributed by atoms with Crippen LogP contribution in [0.25, 0.3) is 0 Å². The normalized spacial score (nSPS) is 16.3.